The van der Waals surface area contributed by atoms with Gasteiger partial charge in [0.1, 0.15) is 11.8 Å². The van der Waals surface area contributed by atoms with Gasteiger partial charge in [-0.15, -0.1) is 0 Å². The Kier molecular flexibility index (Phi) is 8.87. The number of aromatic amines is 1. The molecule has 4 aromatic rings. The fraction of sp³-hybridized carbons (Fsp3) is 0.400. The molecule has 15 heteroatoms. The molecule has 1 aliphatic rings. The number of ether oxygens (including phenoxy) is 2. The number of nitrogens with one attached hydrogen (secondary N) is 2. The number of esters is 1. The molecule has 2 aromatic carbocycles. The van der Waals surface area contributed by atoms with Crippen LogP contribution in [0.3, 0.4) is 0 Å². The first-order chi connectivity index (χ1) is 21.2. The number of para-hydroxylation sites is 1. The number of pyridine rings is 1. The molecule has 0 spiro atoms. The summed E-state index contributed by atoms with van der Waals surface area (Å²) >= 11 is 0. The number of hydrogen-bond donors (Lipinski definition) is 2. The van der Waals surface area contributed by atoms with Gasteiger partial charge < -0.3 is 18.6 Å². The summed E-state index contributed by atoms with van der Waals surface area (Å²) in [5, 5.41) is 3.35. The summed E-state index contributed by atoms with van der Waals surface area (Å²) in [6, 6.07) is 11.6. The SMILES string of the molecule is CC(C)OC(=O)[C@H](C)NP(=O)(OC[C@@H]1C[C@@](C)(F)[C@H](n2ccc(=O)[nH]c2=O)O1)Oc1ccc2c(c1)c(=O)c1ccccc1n2C. The van der Waals surface area contributed by atoms with Gasteiger partial charge in [0.05, 0.1) is 29.8 Å². The number of carbonyl (C=O) groups excluding carboxylic acids is 1. The minimum absolute atomic E-state index is 0.00970. The average Bonchev–Trinajstić information content (AvgIpc) is 3.28. The van der Waals surface area contributed by atoms with Gasteiger partial charge in [-0.1, -0.05) is 12.1 Å². The second-order valence-electron chi connectivity index (χ2n) is 11.4. The standard InChI is InChI=1S/C30H34FN4O9P/c1-17(2)42-27(38)18(3)33-45(40,41-16-20-15-30(4,31)28(43-20)35-13-12-25(36)32-29(35)39)44-19-10-11-24-22(14-19)26(37)21-8-6-7-9-23(21)34(24)5/h6-14,17-18,20,28H,15-16H2,1-5H3,(H,33,40)(H,32,36,39)/t18-,20-,28+,30+,45?/m0/s1. The lowest BCUT2D eigenvalue weighted by Crippen LogP contribution is -2.38. The van der Waals surface area contributed by atoms with Crippen molar-refractivity contribution < 1.29 is 32.3 Å². The van der Waals surface area contributed by atoms with Crippen LogP contribution in [0.1, 0.15) is 40.3 Å². The van der Waals surface area contributed by atoms with Crippen molar-refractivity contribution in [3.8, 4) is 5.75 Å². The molecular weight excluding hydrogens is 610 g/mol. The van der Waals surface area contributed by atoms with Crippen LogP contribution in [0.4, 0.5) is 4.39 Å². The first-order valence-electron chi connectivity index (χ1n) is 14.3. The van der Waals surface area contributed by atoms with E-state index in [0.29, 0.717) is 16.3 Å². The summed E-state index contributed by atoms with van der Waals surface area (Å²) in [7, 11) is -2.61. The van der Waals surface area contributed by atoms with Crippen LogP contribution in [0.15, 0.2) is 69.1 Å². The van der Waals surface area contributed by atoms with Gasteiger partial charge in [-0.25, -0.2) is 13.8 Å². The Morgan fingerprint density at radius 3 is 2.56 bits per heavy atom. The van der Waals surface area contributed by atoms with Gasteiger partial charge in [-0.05, 0) is 58.0 Å². The van der Waals surface area contributed by atoms with E-state index in [2.05, 4.69) is 10.1 Å². The van der Waals surface area contributed by atoms with E-state index in [9.17, 15) is 23.7 Å². The Bertz CT molecular complexity index is 1990. The van der Waals surface area contributed by atoms with E-state index in [1.54, 1.807) is 32.0 Å². The number of benzene rings is 2. The smallest absolute Gasteiger partial charge is 0.459 e. The third kappa shape index (κ3) is 6.79. The van der Waals surface area contributed by atoms with Gasteiger partial charge >= 0.3 is 19.4 Å². The van der Waals surface area contributed by atoms with E-state index in [1.165, 1.54) is 26.0 Å². The third-order valence-electron chi connectivity index (χ3n) is 7.36. The van der Waals surface area contributed by atoms with Crippen LogP contribution < -0.4 is 26.3 Å². The van der Waals surface area contributed by atoms with E-state index in [1.807, 2.05) is 23.7 Å². The largest absolute Gasteiger partial charge is 0.462 e. The summed E-state index contributed by atoms with van der Waals surface area (Å²) < 4.78 is 55.0. The van der Waals surface area contributed by atoms with Crippen LogP contribution in [-0.2, 0) is 30.4 Å². The number of aromatic nitrogens is 3. The molecule has 3 heterocycles. The zero-order valence-corrected chi connectivity index (χ0v) is 26.2. The van der Waals surface area contributed by atoms with Crippen molar-refractivity contribution in [1.29, 1.82) is 0 Å². The van der Waals surface area contributed by atoms with E-state index >= 15 is 4.39 Å². The zero-order chi connectivity index (χ0) is 32.7. The summed E-state index contributed by atoms with van der Waals surface area (Å²) in [6.45, 7) is 5.49. The predicted molar refractivity (Wildman–Crippen MR) is 164 cm³/mol. The van der Waals surface area contributed by atoms with Gasteiger partial charge in [-0.3, -0.25) is 28.5 Å². The first kappa shape index (κ1) is 32.3. The highest BCUT2D eigenvalue weighted by molar-refractivity contribution is 7.52. The minimum atomic E-state index is -4.43. The molecule has 1 unspecified atom stereocenters. The van der Waals surface area contributed by atoms with E-state index < -0.39 is 61.7 Å². The maximum atomic E-state index is 15.6. The highest BCUT2D eigenvalue weighted by atomic mass is 31.2. The number of fused-ring (bicyclic) bond motifs is 2. The van der Waals surface area contributed by atoms with Gasteiger partial charge in [0, 0.05) is 36.5 Å². The number of alkyl halides is 1. The third-order valence-corrected chi connectivity index (χ3v) is 9.01. The number of rotatable bonds is 10. The van der Waals surface area contributed by atoms with E-state index in [4.69, 9.17) is 18.5 Å². The van der Waals surface area contributed by atoms with Crippen LogP contribution in [0.5, 0.6) is 5.75 Å². The molecule has 0 amide bonds. The molecule has 0 bridgehead atoms. The molecule has 5 rings (SSSR count). The summed E-state index contributed by atoms with van der Waals surface area (Å²) in [5.41, 5.74) is -2.49. The van der Waals surface area contributed by atoms with Crippen LogP contribution in [0.25, 0.3) is 21.8 Å². The summed E-state index contributed by atoms with van der Waals surface area (Å²) in [5.74, 6) is -0.710. The van der Waals surface area contributed by atoms with Crippen LogP contribution in [0.2, 0.25) is 0 Å². The van der Waals surface area contributed by atoms with Crippen LogP contribution >= 0.6 is 7.75 Å². The highest BCUT2D eigenvalue weighted by Crippen LogP contribution is 2.47. The molecule has 0 radical (unpaired) electrons. The Morgan fingerprint density at radius 2 is 1.84 bits per heavy atom. The minimum Gasteiger partial charge on any atom is -0.462 e. The van der Waals surface area contributed by atoms with Gasteiger partial charge in [0.2, 0.25) is 0 Å². The topological polar surface area (TPSA) is 160 Å². The fourth-order valence-electron chi connectivity index (χ4n) is 5.30. The Balaban J connectivity index is 1.43. The highest BCUT2D eigenvalue weighted by Gasteiger charge is 2.48. The zero-order valence-electron chi connectivity index (χ0n) is 25.3. The second kappa shape index (κ2) is 12.4. The first-order valence-corrected chi connectivity index (χ1v) is 15.8. The number of hydrogen-bond acceptors (Lipinski definition) is 9. The van der Waals surface area contributed by atoms with Crippen molar-refractivity contribution in [1.82, 2.24) is 19.2 Å². The lowest BCUT2D eigenvalue weighted by molar-refractivity contribution is -0.149. The maximum absolute atomic E-state index is 15.6. The number of H-pyrrole nitrogens is 1. The summed E-state index contributed by atoms with van der Waals surface area (Å²) in [4.78, 5) is 51.8. The number of carbonyl (C=O) groups is 1. The lowest BCUT2D eigenvalue weighted by atomic mass is 10.0. The van der Waals surface area contributed by atoms with E-state index in [-0.39, 0.29) is 17.6 Å². The van der Waals surface area contributed by atoms with Gasteiger partial charge in [0.25, 0.3) is 5.56 Å². The van der Waals surface area contributed by atoms with Crippen molar-refractivity contribution in [2.24, 2.45) is 7.05 Å². The van der Waals surface area contributed by atoms with Gasteiger partial charge in [0.15, 0.2) is 17.3 Å². The predicted octanol–water partition coefficient (Wildman–Crippen LogP) is 3.69. The average molecular weight is 645 g/mol. The molecular formula is C30H34FN4O9P. The molecule has 5 atom stereocenters. The van der Waals surface area contributed by atoms with Crippen LogP contribution in [-0.4, -0.2) is 50.6 Å². The molecule has 2 N–H and O–H groups in total. The maximum Gasteiger partial charge on any atom is 0.459 e. The van der Waals surface area contributed by atoms with Crippen molar-refractivity contribution in [2.45, 2.75) is 64.3 Å². The molecule has 240 valence electrons. The van der Waals surface area contributed by atoms with Crippen molar-refractivity contribution in [3.63, 3.8) is 0 Å². The van der Waals surface area contributed by atoms with Gasteiger partial charge in [-0.2, -0.15) is 5.09 Å². The Hall–Kier alpha value is -4.10. The normalized spacial score (nSPS) is 22.0. The molecule has 13 nitrogen and oxygen atoms in total. The second-order valence-corrected chi connectivity index (χ2v) is 13.1. The Morgan fingerprint density at radius 1 is 1.13 bits per heavy atom. The summed E-state index contributed by atoms with van der Waals surface area (Å²) in [6.07, 6.45) is -1.99. The van der Waals surface area contributed by atoms with Crippen LogP contribution in [0, 0.1) is 0 Å². The molecule has 45 heavy (non-hydrogen) atoms. The molecule has 2 aromatic heterocycles. The molecule has 0 saturated carbocycles. The number of halogens is 1. The number of nitrogens with zero attached hydrogens (tertiary/aromatic N) is 2. The van der Waals surface area contributed by atoms with Crippen molar-refractivity contribution in [2.75, 3.05) is 6.61 Å². The fourth-order valence-corrected chi connectivity index (χ4v) is 6.81. The van der Waals surface area contributed by atoms with Crippen molar-refractivity contribution >= 4 is 35.5 Å². The number of aryl methyl sites for hydroxylation is 1. The quantitative estimate of drug-likeness (QED) is 0.148. The molecule has 1 fully saturated rings. The molecule has 0 aliphatic carbocycles. The lowest BCUT2D eigenvalue weighted by Gasteiger charge is -2.24. The monoisotopic (exact) mass is 644 g/mol. The van der Waals surface area contributed by atoms with E-state index in [0.717, 1.165) is 22.3 Å². The molecule has 1 aliphatic heterocycles. The van der Waals surface area contributed by atoms with Crippen molar-refractivity contribution in [3.05, 3.63) is 85.8 Å². The molecule has 1 saturated heterocycles. The Labute approximate surface area is 256 Å².